The molecule has 8 aromatic rings. The molecule has 0 bridgehead atoms. The minimum atomic E-state index is -0.535. The average molecular weight is 717 g/mol. The fourth-order valence-corrected chi connectivity index (χ4v) is 9.12. The molecule has 56 heavy (non-hydrogen) atoms. The van der Waals surface area contributed by atoms with Gasteiger partial charge >= 0.3 is 0 Å². The third kappa shape index (κ3) is 5.02. The van der Waals surface area contributed by atoms with E-state index in [0.717, 1.165) is 67.4 Å². The van der Waals surface area contributed by atoms with E-state index >= 15 is 0 Å². The van der Waals surface area contributed by atoms with Crippen molar-refractivity contribution < 1.29 is 4.74 Å². The van der Waals surface area contributed by atoms with Gasteiger partial charge in [0.05, 0.1) is 11.1 Å². The molecule has 11 rings (SSSR count). The highest BCUT2D eigenvalue weighted by atomic mass is 16.5. The summed E-state index contributed by atoms with van der Waals surface area (Å²) in [5.74, 6) is 1.77. The van der Waals surface area contributed by atoms with E-state index in [-0.39, 0.29) is 6.17 Å². The quantitative estimate of drug-likeness (QED) is 0.192. The lowest BCUT2D eigenvalue weighted by molar-refractivity contribution is 0.436. The first kappa shape index (κ1) is 32.2. The first-order valence-electron chi connectivity index (χ1n) is 19.2. The maximum Gasteiger partial charge on any atom is 0.145 e. The Morgan fingerprint density at radius 1 is 0.411 bits per heavy atom. The maximum absolute atomic E-state index is 6.76. The van der Waals surface area contributed by atoms with Gasteiger partial charge in [-0.15, -0.1) is 0 Å². The van der Waals surface area contributed by atoms with E-state index in [1.165, 1.54) is 27.8 Å². The molecule has 1 atom stereocenters. The molecule has 264 valence electrons. The molecule has 2 aliphatic heterocycles. The van der Waals surface area contributed by atoms with E-state index in [9.17, 15) is 0 Å². The SMILES string of the molecule is C1=C(c2ccccc2-c2ccc3c(c2)C2(c4ccccc4O3)c3ccccc3-c3ccccc32)NC(c2ccccc2)N=C1c1cccc(-c2ccccc2)c1. The number of hydrogen-bond acceptors (Lipinski definition) is 3. The minimum Gasteiger partial charge on any atom is -0.457 e. The van der Waals surface area contributed by atoms with Gasteiger partial charge in [-0.2, -0.15) is 0 Å². The van der Waals surface area contributed by atoms with Crippen molar-refractivity contribution in [2.75, 3.05) is 0 Å². The predicted molar refractivity (Wildman–Crippen MR) is 228 cm³/mol. The molecular weight excluding hydrogens is 681 g/mol. The van der Waals surface area contributed by atoms with Gasteiger partial charge in [-0.25, -0.2) is 0 Å². The van der Waals surface area contributed by atoms with Gasteiger partial charge in [0.1, 0.15) is 17.7 Å². The molecule has 1 unspecified atom stereocenters. The number of fused-ring (bicyclic) bond motifs is 9. The van der Waals surface area contributed by atoms with Crippen LogP contribution in [0.3, 0.4) is 0 Å². The lowest BCUT2D eigenvalue weighted by Crippen LogP contribution is -2.32. The molecule has 1 aliphatic carbocycles. The van der Waals surface area contributed by atoms with Crippen LogP contribution in [0.15, 0.2) is 211 Å². The topological polar surface area (TPSA) is 33.6 Å². The zero-order valence-electron chi connectivity index (χ0n) is 30.6. The molecular formula is C53H36N2O. The van der Waals surface area contributed by atoms with Crippen molar-refractivity contribution in [2.45, 2.75) is 11.6 Å². The highest BCUT2D eigenvalue weighted by molar-refractivity contribution is 6.14. The summed E-state index contributed by atoms with van der Waals surface area (Å²) in [6.07, 6.45) is 1.95. The molecule has 1 spiro atoms. The summed E-state index contributed by atoms with van der Waals surface area (Å²) in [6, 6.07) is 71.5. The lowest BCUT2D eigenvalue weighted by atomic mass is 9.65. The standard InChI is InChI=1S/C53H36N2O/c1-3-16-35(17-4-1)37-20-15-21-39(32-37)48-34-49(55-52(54-48)36-18-5-2-6-19-36)43-25-8-7-22-40(43)38-30-31-51-47(33-38)53(46-28-13-14-29-50(46)56-51)44-26-11-9-23-41(44)42-24-10-12-27-45(42)53/h1-34,52,55H. The highest BCUT2D eigenvalue weighted by Gasteiger charge is 2.51. The van der Waals surface area contributed by atoms with Gasteiger partial charge in [-0.1, -0.05) is 176 Å². The Kier molecular flexibility index (Phi) is 7.46. The Morgan fingerprint density at radius 3 is 1.73 bits per heavy atom. The fraction of sp³-hybridized carbons (Fsp3) is 0.0377. The minimum absolute atomic E-state index is 0.261. The van der Waals surface area contributed by atoms with Crippen molar-refractivity contribution in [2.24, 2.45) is 4.99 Å². The molecule has 8 aromatic carbocycles. The van der Waals surface area contributed by atoms with E-state index in [1.54, 1.807) is 0 Å². The Hall–Kier alpha value is -7.23. The van der Waals surface area contributed by atoms with Crippen LogP contribution in [0.5, 0.6) is 11.5 Å². The van der Waals surface area contributed by atoms with Crippen LogP contribution < -0.4 is 10.1 Å². The largest absolute Gasteiger partial charge is 0.457 e. The zero-order chi connectivity index (χ0) is 37.1. The van der Waals surface area contributed by atoms with Crippen molar-refractivity contribution in [3.63, 3.8) is 0 Å². The van der Waals surface area contributed by atoms with Crippen molar-refractivity contribution in [1.29, 1.82) is 0 Å². The molecule has 3 heteroatoms. The first-order valence-corrected chi connectivity index (χ1v) is 19.2. The Bertz CT molecular complexity index is 2830. The van der Waals surface area contributed by atoms with Crippen LogP contribution in [-0.4, -0.2) is 5.71 Å². The first-order chi connectivity index (χ1) is 27.8. The second-order valence-electron chi connectivity index (χ2n) is 14.7. The summed E-state index contributed by atoms with van der Waals surface area (Å²) in [7, 11) is 0. The Labute approximate surface area is 327 Å². The molecule has 3 aliphatic rings. The summed E-state index contributed by atoms with van der Waals surface area (Å²) in [5, 5.41) is 3.84. The number of allylic oxidation sites excluding steroid dienone is 1. The van der Waals surface area contributed by atoms with E-state index in [0.29, 0.717) is 0 Å². The van der Waals surface area contributed by atoms with Crippen molar-refractivity contribution in [3.8, 4) is 44.9 Å². The number of nitrogens with one attached hydrogen (secondary N) is 1. The van der Waals surface area contributed by atoms with Gasteiger partial charge < -0.3 is 10.1 Å². The number of rotatable bonds is 5. The van der Waals surface area contributed by atoms with Crippen LogP contribution in [0.2, 0.25) is 0 Å². The molecule has 0 amide bonds. The van der Waals surface area contributed by atoms with Crippen molar-refractivity contribution in [1.82, 2.24) is 5.32 Å². The molecule has 0 saturated heterocycles. The third-order valence-corrected chi connectivity index (χ3v) is 11.6. The maximum atomic E-state index is 6.76. The summed E-state index contributed by atoms with van der Waals surface area (Å²) in [5.41, 5.74) is 16.7. The molecule has 0 saturated carbocycles. The number of benzene rings is 8. The smallest absolute Gasteiger partial charge is 0.145 e. The number of aliphatic imine (C=N–C) groups is 1. The summed E-state index contributed by atoms with van der Waals surface area (Å²) < 4.78 is 6.76. The van der Waals surface area contributed by atoms with E-state index < -0.39 is 5.41 Å². The third-order valence-electron chi connectivity index (χ3n) is 11.6. The van der Waals surface area contributed by atoms with Crippen LogP contribution in [0.4, 0.5) is 0 Å². The van der Waals surface area contributed by atoms with Crippen LogP contribution >= 0.6 is 0 Å². The van der Waals surface area contributed by atoms with Gasteiger partial charge in [0.25, 0.3) is 0 Å². The predicted octanol–water partition coefficient (Wildman–Crippen LogP) is 12.6. The number of ether oxygens (including phenoxy) is 1. The van der Waals surface area contributed by atoms with Crippen LogP contribution in [0.1, 0.15) is 45.1 Å². The van der Waals surface area contributed by atoms with Crippen LogP contribution in [0.25, 0.3) is 39.1 Å². The average Bonchev–Trinajstić information content (AvgIpc) is 3.57. The normalized spacial score (nSPS) is 15.6. The summed E-state index contributed by atoms with van der Waals surface area (Å²) in [4.78, 5) is 5.32. The highest BCUT2D eigenvalue weighted by Crippen LogP contribution is 2.62. The Balaban J connectivity index is 1.08. The molecule has 3 nitrogen and oxygen atoms in total. The monoisotopic (exact) mass is 716 g/mol. The number of hydrogen-bond donors (Lipinski definition) is 1. The van der Waals surface area contributed by atoms with Crippen molar-refractivity contribution in [3.05, 3.63) is 245 Å². The number of nitrogens with zero attached hydrogens (tertiary/aromatic N) is 1. The van der Waals surface area contributed by atoms with Gasteiger partial charge in [-0.05, 0) is 80.4 Å². The summed E-state index contributed by atoms with van der Waals surface area (Å²) >= 11 is 0. The molecule has 0 aromatic heterocycles. The molecule has 1 N–H and O–H groups in total. The second-order valence-corrected chi connectivity index (χ2v) is 14.7. The number of para-hydroxylation sites is 1. The van der Waals surface area contributed by atoms with Gasteiger partial charge in [0.2, 0.25) is 0 Å². The van der Waals surface area contributed by atoms with Gasteiger partial charge in [0.15, 0.2) is 0 Å². The zero-order valence-corrected chi connectivity index (χ0v) is 30.6. The molecule has 0 fully saturated rings. The van der Waals surface area contributed by atoms with Crippen molar-refractivity contribution >= 4 is 11.4 Å². The Morgan fingerprint density at radius 2 is 0.982 bits per heavy atom. The molecule has 0 radical (unpaired) electrons. The van der Waals surface area contributed by atoms with Crippen LogP contribution in [-0.2, 0) is 5.41 Å². The summed E-state index contributed by atoms with van der Waals surface area (Å²) in [6.45, 7) is 0. The second kappa shape index (κ2) is 13.0. The van der Waals surface area contributed by atoms with E-state index in [2.05, 4.69) is 212 Å². The van der Waals surface area contributed by atoms with Gasteiger partial charge in [-0.3, -0.25) is 4.99 Å². The molecule has 2 heterocycles. The van der Waals surface area contributed by atoms with Gasteiger partial charge in [0, 0.05) is 28.0 Å². The van der Waals surface area contributed by atoms with E-state index in [4.69, 9.17) is 9.73 Å². The lowest BCUT2D eigenvalue weighted by Gasteiger charge is -2.39. The van der Waals surface area contributed by atoms with Crippen LogP contribution in [0, 0.1) is 0 Å². The van der Waals surface area contributed by atoms with E-state index in [1.807, 2.05) is 0 Å². The fourth-order valence-electron chi connectivity index (χ4n) is 9.12.